The Balaban J connectivity index is 2.47. The molecule has 1 heterocycles. The van der Waals surface area contributed by atoms with Crippen LogP contribution in [0, 0.1) is 5.92 Å². The average Bonchev–Trinajstić information content (AvgIpc) is 2.17. The van der Waals surface area contributed by atoms with Crippen LogP contribution in [0.25, 0.3) is 10.9 Å². The predicted octanol–water partition coefficient (Wildman–Crippen LogP) is 2.73. The minimum Gasteiger partial charge on any atom is -0.322 e. The normalized spacial score (nSPS) is 11.1. The van der Waals surface area contributed by atoms with Gasteiger partial charge in [0.2, 0.25) is 5.56 Å². The molecule has 2 nitrogen and oxygen atoms in total. The zero-order valence-corrected chi connectivity index (χ0v) is 9.08. The third-order valence-electron chi connectivity index (χ3n) is 2.43. The molecule has 2 rings (SSSR count). The molecule has 0 saturated heterocycles. The molecule has 0 unspecified atom stereocenters. The summed E-state index contributed by atoms with van der Waals surface area (Å²) in [5.41, 5.74) is 2.19. The first-order chi connectivity index (χ1) is 7.15. The summed E-state index contributed by atoms with van der Waals surface area (Å²) in [6.07, 6.45) is 1.08. The van der Waals surface area contributed by atoms with Crippen LogP contribution in [0.4, 0.5) is 0 Å². The van der Waals surface area contributed by atoms with Crippen molar-refractivity contribution in [1.82, 2.24) is 4.98 Å². The van der Waals surface area contributed by atoms with Gasteiger partial charge in [-0.15, -0.1) is 0 Å². The summed E-state index contributed by atoms with van der Waals surface area (Å²) < 4.78 is 0. The van der Waals surface area contributed by atoms with Crippen molar-refractivity contribution in [3.63, 3.8) is 0 Å². The number of pyridine rings is 1. The summed E-state index contributed by atoms with van der Waals surface area (Å²) in [4.78, 5) is 13.9. The van der Waals surface area contributed by atoms with Crippen molar-refractivity contribution in [3.8, 4) is 0 Å². The van der Waals surface area contributed by atoms with E-state index in [0.717, 1.165) is 17.3 Å². The van der Waals surface area contributed by atoms with Gasteiger partial charge in [-0.3, -0.25) is 4.79 Å². The summed E-state index contributed by atoms with van der Waals surface area (Å²) in [6, 6.07) is 9.65. The summed E-state index contributed by atoms with van der Waals surface area (Å²) in [5.74, 6) is 0.658. The molecule has 2 aromatic rings. The zero-order chi connectivity index (χ0) is 10.8. The third-order valence-corrected chi connectivity index (χ3v) is 2.43. The maximum absolute atomic E-state index is 11.1. The van der Waals surface area contributed by atoms with E-state index in [1.807, 2.05) is 12.1 Å². The van der Waals surface area contributed by atoms with Crippen LogP contribution in [0.1, 0.15) is 19.4 Å². The molecule has 0 aliphatic rings. The third kappa shape index (κ3) is 2.27. The molecule has 1 N–H and O–H groups in total. The first kappa shape index (κ1) is 9.97. The van der Waals surface area contributed by atoms with E-state index in [0.29, 0.717) is 5.92 Å². The summed E-state index contributed by atoms with van der Waals surface area (Å²) >= 11 is 0. The number of rotatable bonds is 2. The van der Waals surface area contributed by atoms with Gasteiger partial charge in [-0.2, -0.15) is 0 Å². The lowest BCUT2D eigenvalue weighted by atomic mass is 10.0. The van der Waals surface area contributed by atoms with Crippen LogP contribution < -0.4 is 5.56 Å². The van der Waals surface area contributed by atoms with E-state index >= 15 is 0 Å². The van der Waals surface area contributed by atoms with Gasteiger partial charge in [0.05, 0.1) is 0 Å². The van der Waals surface area contributed by atoms with Gasteiger partial charge < -0.3 is 4.98 Å². The Bertz CT molecular complexity index is 525. The number of hydrogen-bond acceptors (Lipinski definition) is 1. The lowest BCUT2D eigenvalue weighted by Crippen LogP contribution is -2.02. The van der Waals surface area contributed by atoms with E-state index in [4.69, 9.17) is 0 Å². The van der Waals surface area contributed by atoms with Crippen molar-refractivity contribution in [2.45, 2.75) is 20.3 Å². The molecule has 1 aromatic carbocycles. The highest BCUT2D eigenvalue weighted by Gasteiger charge is 1.99. The molecule has 0 radical (unpaired) electrons. The number of nitrogens with one attached hydrogen (secondary N) is 1. The summed E-state index contributed by atoms with van der Waals surface area (Å²) in [5, 5.41) is 1.10. The van der Waals surface area contributed by atoms with Crippen LogP contribution in [0.3, 0.4) is 0 Å². The second-order valence-corrected chi connectivity index (χ2v) is 4.34. The molecule has 1 aromatic heterocycles. The summed E-state index contributed by atoms with van der Waals surface area (Å²) in [6.45, 7) is 4.41. The number of H-pyrrole nitrogens is 1. The quantitative estimate of drug-likeness (QED) is 0.796. The second kappa shape index (κ2) is 3.89. The van der Waals surface area contributed by atoms with Crippen LogP contribution >= 0.6 is 0 Å². The van der Waals surface area contributed by atoms with Crippen LogP contribution in [0.15, 0.2) is 35.1 Å². The minimum atomic E-state index is -0.0425. The van der Waals surface area contributed by atoms with Crippen LogP contribution in [0.2, 0.25) is 0 Å². The van der Waals surface area contributed by atoms with Crippen LogP contribution in [-0.4, -0.2) is 4.98 Å². The monoisotopic (exact) mass is 201 g/mol. The Labute approximate surface area is 89.0 Å². The largest absolute Gasteiger partial charge is 0.322 e. The Hall–Kier alpha value is -1.57. The smallest absolute Gasteiger partial charge is 0.248 e. The molecular formula is C13H15NO. The molecule has 78 valence electrons. The Morgan fingerprint density at radius 3 is 2.73 bits per heavy atom. The van der Waals surface area contributed by atoms with Crippen molar-refractivity contribution in [2.75, 3.05) is 0 Å². The van der Waals surface area contributed by atoms with Crippen molar-refractivity contribution in [3.05, 3.63) is 46.2 Å². The van der Waals surface area contributed by atoms with Crippen molar-refractivity contribution in [2.24, 2.45) is 5.92 Å². The molecule has 0 fully saturated rings. The van der Waals surface area contributed by atoms with E-state index < -0.39 is 0 Å². The van der Waals surface area contributed by atoms with Gasteiger partial charge in [0, 0.05) is 11.6 Å². The first-order valence-corrected chi connectivity index (χ1v) is 5.27. The van der Waals surface area contributed by atoms with E-state index in [2.05, 4.69) is 31.0 Å². The maximum Gasteiger partial charge on any atom is 0.248 e. The van der Waals surface area contributed by atoms with Crippen molar-refractivity contribution >= 4 is 10.9 Å². The van der Waals surface area contributed by atoms with Gasteiger partial charge in [0.1, 0.15) is 0 Å². The topological polar surface area (TPSA) is 32.9 Å². The highest BCUT2D eigenvalue weighted by molar-refractivity contribution is 5.78. The highest BCUT2D eigenvalue weighted by atomic mass is 16.1. The highest BCUT2D eigenvalue weighted by Crippen LogP contribution is 2.14. The van der Waals surface area contributed by atoms with Gasteiger partial charge in [-0.05, 0) is 41.5 Å². The van der Waals surface area contributed by atoms with E-state index in [9.17, 15) is 4.79 Å². The molecule has 15 heavy (non-hydrogen) atoms. The van der Waals surface area contributed by atoms with Gasteiger partial charge in [0.15, 0.2) is 0 Å². The number of benzene rings is 1. The van der Waals surface area contributed by atoms with Gasteiger partial charge in [-0.25, -0.2) is 0 Å². The van der Waals surface area contributed by atoms with Crippen LogP contribution in [-0.2, 0) is 6.42 Å². The number of hydrogen-bond donors (Lipinski definition) is 1. The Kier molecular flexibility index (Phi) is 2.58. The Morgan fingerprint density at radius 1 is 1.20 bits per heavy atom. The fourth-order valence-electron chi connectivity index (χ4n) is 1.80. The van der Waals surface area contributed by atoms with Gasteiger partial charge >= 0.3 is 0 Å². The fraction of sp³-hybridized carbons (Fsp3) is 0.308. The SMILES string of the molecule is CC(C)Cc1ccc2[nH]c(=O)ccc2c1. The summed E-state index contributed by atoms with van der Waals surface area (Å²) in [7, 11) is 0. The predicted molar refractivity (Wildman–Crippen MR) is 63.1 cm³/mol. The standard InChI is InChI=1S/C13H15NO/c1-9(2)7-10-3-5-12-11(8-10)4-6-13(15)14-12/h3-6,8-9H,7H2,1-2H3,(H,14,15). The molecule has 0 saturated carbocycles. The van der Waals surface area contributed by atoms with Crippen molar-refractivity contribution in [1.29, 1.82) is 0 Å². The fourth-order valence-corrected chi connectivity index (χ4v) is 1.80. The maximum atomic E-state index is 11.1. The molecule has 0 amide bonds. The number of aromatic amines is 1. The van der Waals surface area contributed by atoms with Crippen molar-refractivity contribution < 1.29 is 0 Å². The number of aromatic nitrogens is 1. The van der Waals surface area contributed by atoms with E-state index in [1.165, 1.54) is 5.56 Å². The zero-order valence-electron chi connectivity index (χ0n) is 9.08. The first-order valence-electron chi connectivity index (χ1n) is 5.27. The Morgan fingerprint density at radius 2 is 2.00 bits per heavy atom. The van der Waals surface area contributed by atoms with E-state index in [1.54, 1.807) is 6.07 Å². The second-order valence-electron chi connectivity index (χ2n) is 4.34. The lowest BCUT2D eigenvalue weighted by molar-refractivity contribution is 0.648. The molecule has 0 aliphatic carbocycles. The van der Waals surface area contributed by atoms with E-state index in [-0.39, 0.29) is 5.56 Å². The number of fused-ring (bicyclic) bond motifs is 1. The van der Waals surface area contributed by atoms with Gasteiger partial charge in [0.25, 0.3) is 0 Å². The van der Waals surface area contributed by atoms with Crippen LogP contribution in [0.5, 0.6) is 0 Å². The average molecular weight is 201 g/mol. The van der Waals surface area contributed by atoms with Gasteiger partial charge in [-0.1, -0.05) is 19.9 Å². The molecular weight excluding hydrogens is 186 g/mol. The molecule has 2 heteroatoms. The molecule has 0 spiro atoms. The minimum absolute atomic E-state index is 0.0425. The molecule has 0 aliphatic heterocycles. The lowest BCUT2D eigenvalue weighted by Gasteiger charge is -2.05. The molecule has 0 atom stereocenters. The molecule has 0 bridgehead atoms.